The fraction of sp³-hybridized carbons (Fsp3) is 0.421. The largest absolute Gasteiger partial charge is 0.503 e. The fourth-order valence-electron chi connectivity index (χ4n) is 3.22. The molecule has 1 aromatic heterocycles. The van der Waals surface area contributed by atoms with Crippen molar-refractivity contribution in [1.29, 1.82) is 0 Å². The number of rotatable bonds is 4. The Morgan fingerprint density at radius 2 is 1.76 bits per heavy atom. The predicted molar refractivity (Wildman–Crippen MR) is 98.6 cm³/mol. The van der Waals surface area contributed by atoms with Gasteiger partial charge in [0.1, 0.15) is 5.75 Å². The molecule has 1 saturated heterocycles. The smallest absolute Gasteiger partial charge is 0.223 e. The summed E-state index contributed by atoms with van der Waals surface area (Å²) in [6.45, 7) is 6.04. The van der Waals surface area contributed by atoms with Gasteiger partial charge in [-0.15, -0.1) is 0 Å². The molecular weight excluding hydrogens is 318 g/mol. The summed E-state index contributed by atoms with van der Waals surface area (Å²) >= 11 is 0. The van der Waals surface area contributed by atoms with Gasteiger partial charge in [0.25, 0.3) is 0 Å². The van der Waals surface area contributed by atoms with E-state index in [1.165, 1.54) is 11.8 Å². The molecule has 2 aromatic rings. The molecule has 1 N–H and O–H groups in total. The molecule has 134 valence electrons. The minimum Gasteiger partial charge on any atom is -0.503 e. The highest BCUT2D eigenvalue weighted by molar-refractivity contribution is 5.49. The third-order valence-corrected chi connectivity index (χ3v) is 4.96. The second-order valence-electron chi connectivity index (χ2n) is 6.47. The first-order valence-corrected chi connectivity index (χ1v) is 8.49. The van der Waals surface area contributed by atoms with Crippen LogP contribution in [-0.2, 0) is 13.6 Å². The van der Waals surface area contributed by atoms with Gasteiger partial charge in [0, 0.05) is 57.2 Å². The highest BCUT2D eigenvalue weighted by Gasteiger charge is 2.20. The Morgan fingerprint density at radius 1 is 1.12 bits per heavy atom. The van der Waals surface area contributed by atoms with Crippen molar-refractivity contribution in [2.75, 3.05) is 38.2 Å². The van der Waals surface area contributed by atoms with Crippen LogP contribution in [-0.4, -0.2) is 47.9 Å². The molecule has 0 saturated carbocycles. The van der Waals surface area contributed by atoms with Crippen LogP contribution in [0, 0.1) is 6.92 Å². The van der Waals surface area contributed by atoms with E-state index in [0.717, 1.165) is 37.6 Å². The first kappa shape index (κ1) is 17.4. The van der Waals surface area contributed by atoms with Gasteiger partial charge in [-0.05, 0) is 31.2 Å². The predicted octanol–water partition coefficient (Wildman–Crippen LogP) is 1.73. The first-order valence-electron chi connectivity index (χ1n) is 8.49. The van der Waals surface area contributed by atoms with Crippen LogP contribution in [0.1, 0.15) is 11.4 Å². The van der Waals surface area contributed by atoms with Gasteiger partial charge in [-0.1, -0.05) is 0 Å². The molecule has 3 rings (SSSR count). The monoisotopic (exact) mass is 343 g/mol. The van der Waals surface area contributed by atoms with Crippen molar-refractivity contribution in [3.63, 3.8) is 0 Å². The molecule has 1 aliphatic rings. The lowest BCUT2D eigenvalue weighted by atomic mass is 10.2. The van der Waals surface area contributed by atoms with Crippen molar-refractivity contribution < 1.29 is 9.84 Å². The molecule has 0 unspecified atom stereocenters. The average Bonchev–Trinajstić information content (AvgIpc) is 2.64. The van der Waals surface area contributed by atoms with Gasteiger partial charge in [0.2, 0.25) is 5.43 Å². The minimum atomic E-state index is -0.303. The molecule has 1 aromatic carbocycles. The van der Waals surface area contributed by atoms with Gasteiger partial charge in [0.05, 0.1) is 12.8 Å². The van der Waals surface area contributed by atoms with E-state index < -0.39 is 0 Å². The number of aromatic nitrogens is 1. The number of piperazine rings is 1. The maximum absolute atomic E-state index is 11.8. The molecule has 25 heavy (non-hydrogen) atoms. The van der Waals surface area contributed by atoms with Crippen molar-refractivity contribution in [2.24, 2.45) is 7.05 Å². The Labute approximate surface area is 147 Å². The third-order valence-electron chi connectivity index (χ3n) is 4.96. The maximum atomic E-state index is 11.8. The Morgan fingerprint density at radius 3 is 2.36 bits per heavy atom. The summed E-state index contributed by atoms with van der Waals surface area (Å²) in [5.74, 6) is 0.726. The van der Waals surface area contributed by atoms with Crippen molar-refractivity contribution in [3.05, 3.63) is 51.9 Å². The molecule has 0 aliphatic carbocycles. The van der Waals surface area contributed by atoms with Crippen LogP contribution in [0.2, 0.25) is 0 Å². The number of hydrogen-bond acceptors (Lipinski definition) is 5. The zero-order valence-corrected chi connectivity index (χ0v) is 15.0. The summed E-state index contributed by atoms with van der Waals surface area (Å²) in [5, 5.41) is 10.1. The van der Waals surface area contributed by atoms with Gasteiger partial charge >= 0.3 is 0 Å². The lowest BCUT2D eigenvalue weighted by Gasteiger charge is -2.36. The SMILES string of the molecule is COc1ccc(N2CCN(Cc3c(O)c(=O)cc(C)n3C)CC2)cc1. The van der Waals surface area contributed by atoms with E-state index >= 15 is 0 Å². The quantitative estimate of drug-likeness (QED) is 0.916. The second kappa shape index (κ2) is 7.19. The normalized spacial score (nSPS) is 15.4. The van der Waals surface area contributed by atoms with Gasteiger partial charge in [0.15, 0.2) is 5.75 Å². The topological polar surface area (TPSA) is 57.9 Å². The van der Waals surface area contributed by atoms with Crippen LogP contribution < -0.4 is 15.1 Å². The average molecular weight is 343 g/mol. The summed E-state index contributed by atoms with van der Waals surface area (Å²) in [6, 6.07) is 9.57. The zero-order chi connectivity index (χ0) is 18.0. The van der Waals surface area contributed by atoms with E-state index in [2.05, 4.69) is 21.9 Å². The highest BCUT2D eigenvalue weighted by atomic mass is 16.5. The zero-order valence-electron chi connectivity index (χ0n) is 15.0. The molecule has 0 radical (unpaired) electrons. The molecule has 0 bridgehead atoms. The van der Waals surface area contributed by atoms with E-state index in [0.29, 0.717) is 12.2 Å². The Balaban J connectivity index is 1.66. The van der Waals surface area contributed by atoms with Crippen LogP contribution in [0.4, 0.5) is 5.69 Å². The molecule has 0 atom stereocenters. The maximum Gasteiger partial charge on any atom is 0.223 e. The minimum absolute atomic E-state index is 0.134. The number of nitrogens with zero attached hydrogens (tertiary/aromatic N) is 3. The summed E-state index contributed by atoms with van der Waals surface area (Å²) < 4.78 is 7.10. The summed E-state index contributed by atoms with van der Waals surface area (Å²) in [6.07, 6.45) is 0. The summed E-state index contributed by atoms with van der Waals surface area (Å²) in [7, 11) is 3.55. The molecule has 0 spiro atoms. The van der Waals surface area contributed by atoms with Crippen molar-refractivity contribution in [3.8, 4) is 11.5 Å². The number of aryl methyl sites for hydroxylation is 1. The van der Waals surface area contributed by atoms with E-state index in [1.807, 2.05) is 30.7 Å². The second-order valence-corrected chi connectivity index (χ2v) is 6.47. The molecule has 6 heteroatoms. The Kier molecular flexibility index (Phi) is 4.99. The van der Waals surface area contributed by atoms with E-state index in [1.54, 1.807) is 7.11 Å². The van der Waals surface area contributed by atoms with Crippen LogP contribution in [0.3, 0.4) is 0 Å². The van der Waals surface area contributed by atoms with Crippen LogP contribution in [0.15, 0.2) is 35.1 Å². The van der Waals surface area contributed by atoms with Crippen LogP contribution >= 0.6 is 0 Å². The van der Waals surface area contributed by atoms with E-state index in [9.17, 15) is 9.90 Å². The number of pyridine rings is 1. The van der Waals surface area contributed by atoms with Crippen molar-refractivity contribution in [2.45, 2.75) is 13.5 Å². The number of anilines is 1. The van der Waals surface area contributed by atoms with Crippen LogP contribution in [0.5, 0.6) is 11.5 Å². The van der Waals surface area contributed by atoms with Crippen molar-refractivity contribution in [1.82, 2.24) is 9.47 Å². The lowest BCUT2D eigenvalue weighted by molar-refractivity contribution is 0.240. The van der Waals surface area contributed by atoms with Gasteiger partial charge in [-0.2, -0.15) is 0 Å². The molecular formula is C19H25N3O3. The van der Waals surface area contributed by atoms with Gasteiger partial charge in [-0.3, -0.25) is 9.69 Å². The molecule has 0 amide bonds. The number of ether oxygens (including phenoxy) is 1. The van der Waals surface area contributed by atoms with E-state index in [4.69, 9.17) is 4.74 Å². The van der Waals surface area contributed by atoms with Crippen LogP contribution in [0.25, 0.3) is 0 Å². The van der Waals surface area contributed by atoms with Gasteiger partial charge in [-0.25, -0.2) is 0 Å². The molecule has 1 fully saturated rings. The summed E-state index contributed by atoms with van der Waals surface area (Å²) in [5.41, 5.74) is 2.42. The summed E-state index contributed by atoms with van der Waals surface area (Å²) in [4.78, 5) is 16.5. The third kappa shape index (κ3) is 3.64. The fourth-order valence-corrected chi connectivity index (χ4v) is 3.22. The van der Waals surface area contributed by atoms with E-state index in [-0.39, 0.29) is 11.2 Å². The standard InChI is InChI=1S/C19H25N3O3/c1-14-12-18(23)19(24)17(20(14)2)13-21-8-10-22(11-9-21)15-4-6-16(25-3)7-5-15/h4-7,12,24H,8-11,13H2,1-3H3. The number of aromatic hydroxyl groups is 1. The number of methoxy groups -OCH3 is 1. The Bertz CT molecular complexity index is 791. The number of hydrogen-bond donors (Lipinski definition) is 1. The first-order chi connectivity index (χ1) is 12.0. The van der Waals surface area contributed by atoms with Gasteiger partial charge < -0.3 is 19.3 Å². The Hall–Kier alpha value is -2.47. The van der Waals surface area contributed by atoms with Crippen molar-refractivity contribution >= 4 is 5.69 Å². The number of benzene rings is 1. The molecule has 1 aliphatic heterocycles. The molecule has 2 heterocycles. The molecule has 6 nitrogen and oxygen atoms in total. The highest BCUT2D eigenvalue weighted by Crippen LogP contribution is 2.22. The lowest BCUT2D eigenvalue weighted by Crippen LogP contribution is -2.46.